The molecule has 4 rings (SSSR count). The average Bonchev–Trinajstić information content (AvgIpc) is 3.44. The lowest BCUT2D eigenvalue weighted by Gasteiger charge is -2.34. The zero-order chi connectivity index (χ0) is 20.5. The van der Waals surface area contributed by atoms with Crippen molar-refractivity contribution < 1.29 is 19.1 Å². The molecular formula is C22H29N3O4. The molecule has 1 saturated carbocycles. The largest absolute Gasteiger partial charge is 0.490 e. The highest BCUT2D eigenvalue weighted by Crippen LogP contribution is 2.31. The molecule has 1 aromatic carbocycles. The molecule has 0 unspecified atom stereocenters. The highest BCUT2D eigenvalue weighted by Gasteiger charge is 2.27. The summed E-state index contributed by atoms with van der Waals surface area (Å²) >= 11 is 0. The molecule has 7 heteroatoms. The van der Waals surface area contributed by atoms with Gasteiger partial charge in [-0.05, 0) is 57.6 Å². The smallest absolute Gasteiger partial charge is 0.355 e. The van der Waals surface area contributed by atoms with E-state index in [0.29, 0.717) is 29.5 Å². The Kier molecular flexibility index (Phi) is 5.50. The van der Waals surface area contributed by atoms with Crippen molar-refractivity contribution in [3.05, 3.63) is 29.5 Å². The Morgan fingerprint density at radius 2 is 1.93 bits per heavy atom. The molecule has 1 aliphatic heterocycles. The molecule has 0 atom stereocenters. The van der Waals surface area contributed by atoms with Crippen LogP contribution in [0.2, 0.25) is 0 Å². The van der Waals surface area contributed by atoms with Gasteiger partial charge in [-0.1, -0.05) is 0 Å². The molecule has 2 heterocycles. The molecule has 1 aromatic heterocycles. The van der Waals surface area contributed by atoms with E-state index in [9.17, 15) is 9.59 Å². The number of amides is 1. The predicted octanol–water partition coefficient (Wildman–Crippen LogP) is 3.09. The number of H-pyrrole nitrogens is 1. The van der Waals surface area contributed by atoms with Crippen molar-refractivity contribution in [1.29, 1.82) is 0 Å². The summed E-state index contributed by atoms with van der Waals surface area (Å²) in [4.78, 5) is 29.9. The molecule has 2 fully saturated rings. The van der Waals surface area contributed by atoms with Crippen molar-refractivity contribution in [3.63, 3.8) is 0 Å². The van der Waals surface area contributed by atoms with E-state index in [1.165, 1.54) is 0 Å². The van der Waals surface area contributed by atoms with Crippen LogP contribution in [0, 0.1) is 5.92 Å². The van der Waals surface area contributed by atoms with E-state index >= 15 is 0 Å². The van der Waals surface area contributed by atoms with E-state index in [0.717, 1.165) is 44.5 Å². The third-order valence-electron chi connectivity index (χ3n) is 5.88. The number of likely N-dealkylation sites (tertiary alicyclic amines) is 1. The van der Waals surface area contributed by atoms with E-state index in [-0.39, 0.29) is 17.4 Å². The van der Waals surface area contributed by atoms with Crippen LogP contribution < -0.4 is 10.5 Å². The lowest BCUT2D eigenvalue weighted by molar-refractivity contribution is 0.0477. The van der Waals surface area contributed by atoms with E-state index < -0.39 is 11.9 Å². The van der Waals surface area contributed by atoms with Crippen LogP contribution >= 0.6 is 0 Å². The number of hydrogen-bond acceptors (Lipinski definition) is 5. The SMILES string of the molecule is CC(C)N1CCC(Oc2ccc3c(C(N)=O)c(C(=O)OCC4CC4)[nH]c3c2)CC1. The number of aromatic nitrogens is 1. The molecule has 1 aliphatic carbocycles. The van der Waals surface area contributed by atoms with Crippen LogP contribution in [0.15, 0.2) is 18.2 Å². The number of carbonyl (C=O) groups is 2. The standard InChI is InChI=1S/C22H29N3O4/c1-13(2)25-9-7-15(8-10-25)29-16-5-6-17-18(11-16)24-20(19(17)21(23)26)22(27)28-12-14-3-4-14/h5-6,11,13-15,24H,3-4,7-10,12H2,1-2H3,(H2,23,26). The Balaban J connectivity index is 1.51. The summed E-state index contributed by atoms with van der Waals surface area (Å²) in [6.45, 7) is 6.86. The van der Waals surface area contributed by atoms with Gasteiger partial charge in [0.25, 0.3) is 5.91 Å². The van der Waals surface area contributed by atoms with E-state index in [1.807, 2.05) is 12.1 Å². The minimum Gasteiger partial charge on any atom is -0.490 e. The predicted molar refractivity (Wildman–Crippen MR) is 110 cm³/mol. The van der Waals surface area contributed by atoms with Crippen molar-refractivity contribution in [1.82, 2.24) is 9.88 Å². The van der Waals surface area contributed by atoms with Crippen molar-refractivity contribution in [2.75, 3.05) is 19.7 Å². The molecule has 3 N–H and O–H groups in total. The highest BCUT2D eigenvalue weighted by molar-refractivity contribution is 6.14. The molecule has 1 amide bonds. The summed E-state index contributed by atoms with van der Waals surface area (Å²) < 4.78 is 11.5. The first-order valence-electron chi connectivity index (χ1n) is 10.5. The van der Waals surface area contributed by atoms with E-state index in [4.69, 9.17) is 15.2 Å². The first-order valence-corrected chi connectivity index (χ1v) is 10.5. The number of rotatable bonds is 7. The van der Waals surface area contributed by atoms with Crippen LogP contribution in [-0.4, -0.2) is 53.6 Å². The number of primary amides is 1. The summed E-state index contributed by atoms with van der Waals surface area (Å²) in [5.74, 6) is -0.0205. The zero-order valence-electron chi connectivity index (χ0n) is 17.1. The van der Waals surface area contributed by atoms with Crippen molar-refractivity contribution in [3.8, 4) is 5.75 Å². The second-order valence-electron chi connectivity index (χ2n) is 8.44. The van der Waals surface area contributed by atoms with Crippen LogP contribution in [0.25, 0.3) is 10.9 Å². The Morgan fingerprint density at radius 3 is 2.55 bits per heavy atom. The van der Waals surface area contributed by atoms with Gasteiger partial charge in [0, 0.05) is 30.6 Å². The fraction of sp³-hybridized carbons (Fsp3) is 0.545. The second kappa shape index (κ2) is 8.06. The molecule has 2 aliphatic rings. The van der Waals surface area contributed by atoms with Gasteiger partial charge in [-0.2, -0.15) is 0 Å². The van der Waals surface area contributed by atoms with Crippen LogP contribution in [0.5, 0.6) is 5.75 Å². The van der Waals surface area contributed by atoms with Crippen LogP contribution in [-0.2, 0) is 4.74 Å². The lowest BCUT2D eigenvalue weighted by atomic mass is 10.1. The van der Waals surface area contributed by atoms with Gasteiger partial charge in [-0.15, -0.1) is 0 Å². The third-order valence-corrected chi connectivity index (χ3v) is 5.88. The zero-order valence-corrected chi connectivity index (χ0v) is 17.1. The minimum absolute atomic E-state index is 0.121. The Bertz CT molecular complexity index is 908. The van der Waals surface area contributed by atoms with Gasteiger partial charge in [0.2, 0.25) is 0 Å². The maximum atomic E-state index is 12.5. The van der Waals surface area contributed by atoms with E-state index in [1.54, 1.807) is 6.07 Å². The number of piperidine rings is 1. The number of carbonyl (C=O) groups excluding carboxylic acids is 2. The van der Waals surface area contributed by atoms with Gasteiger partial charge in [0.15, 0.2) is 0 Å². The van der Waals surface area contributed by atoms with Crippen LogP contribution in [0.4, 0.5) is 0 Å². The first-order chi connectivity index (χ1) is 13.9. The monoisotopic (exact) mass is 399 g/mol. The Labute approximate surface area is 170 Å². The number of nitrogens with one attached hydrogen (secondary N) is 1. The number of nitrogens with two attached hydrogens (primary N) is 1. The third kappa shape index (κ3) is 4.40. The molecule has 7 nitrogen and oxygen atoms in total. The molecule has 0 spiro atoms. The molecule has 2 aromatic rings. The second-order valence-corrected chi connectivity index (χ2v) is 8.44. The maximum absolute atomic E-state index is 12.5. The van der Waals surface area contributed by atoms with Gasteiger partial charge in [0.05, 0.1) is 17.7 Å². The number of aromatic amines is 1. The molecule has 29 heavy (non-hydrogen) atoms. The minimum atomic E-state index is -0.649. The average molecular weight is 399 g/mol. The van der Waals surface area contributed by atoms with Crippen LogP contribution in [0.1, 0.15) is 60.4 Å². The number of esters is 1. The summed E-state index contributed by atoms with van der Waals surface area (Å²) in [6.07, 6.45) is 4.29. The number of nitrogens with zero attached hydrogens (tertiary/aromatic N) is 1. The summed E-state index contributed by atoms with van der Waals surface area (Å²) in [5, 5.41) is 0.609. The Morgan fingerprint density at radius 1 is 1.21 bits per heavy atom. The fourth-order valence-corrected chi connectivity index (χ4v) is 3.91. The maximum Gasteiger partial charge on any atom is 0.355 e. The van der Waals surface area contributed by atoms with E-state index in [2.05, 4.69) is 23.7 Å². The Hall–Kier alpha value is -2.54. The van der Waals surface area contributed by atoms with Gasteiger partial charge in [-0.3, -0.25) is 4.79 Å². The van der Waals surface area contributed by atoms with Crippen molar-refractivity contribution in [2.45, 2.75) is 51.7 Å². The van der Waals surface area contributed by atoms with Gasteiger partial charge < -0.3 is 25.1 Å². The van der Waals surface area contributed by atoms with Gasteiger partial charge >= 0.3 is 5.97 Å². The number of hydrogen-bond donors (Lipinski definition) is 2. The van der Waals surface area contributed by atoms with Gasteiger partial charge in [0.1, 0.15) is 17.5 Å². The number of ether oxygens (including phenoxy) is 2. The fourth-order valence-electron chi connectivity index (χ4n) is 3.91. The van der Waals surface area contributed by atoms with Gasteiger partial charge in [-0.25, -0.2) is 4.79 Å². The molecule has 156 valence electrons. The topological polar surface area (TPSA) is 97.7 Å². The molecule has 0 bridgehead atoms. The highest BCUT2D eigenvalue weighted by atomic mass is 16.5. The molecule has 0 radical (unpaired) electrons. The number of fused-ring (bicyclic) bond motifs is 1. The molecule has 1 saturated heterocycles. The van der Waals surface area contributed by atoms with Crippen molar-refractivity contribution >= 4 is 22.8 Å². The van der Waals surface area contributed by atoms with Crippen molar-refractivity contribution in [2.24, 2.45) is 11.7 Å². The first kappa shape index (κ1) is 19.8. The summed E-state index contributed by atoms with van der Waals surface area (Å²) in [5.41, 5.74) is 6.50. The quantitative estimate of drug-likeness (QED) is 0.697. The summed E-state index contributed by atoms with van der Waals surface area (Å²) in [6, 6.07) is 5.99. The van der Waals surface area contributed by atoms with Crippen LogP contribution in [0.3, 0.4) is 0 Å². The lowest BCUT2D eigenvalue weighted by Crippen LogP contribution is -2.41. The summed E-state index contributed by atoms with van der Waals surface area (Å²) in [7, 11) is 0. The number of benzene rings is 1. The normalized spacial score (nSPS) is 18.3. The molecular weight excluding hydrogens is 370 g/mol.